The lowest BCUT2D eigenvalue weighted by molar-refractivity contribution is -0.142. The number of nitrogens with one attached hydrogen (secondary N) is 2. The molecule has 0 spiro atoms. The topological polar surface area (TPSA) is 98.3 Å². The van der Waals surface area contributed by atoms with Gasteiger partial charge in [0.1, 0.15) is 11.5 Å². The Kier molecular flexibility index (Phi) is 8.37. The Morgan fingerprint density at radius 1 is 1.12 bits per heavy atom. The van der Waals surface area contributed by atoms with E-state index in [0.717, 1.165) is 11.4 Å². The van der Waals surface area contributed by atoms with Crippen molar-refractivity contribution in [2.75, 3.05) is 31.5 Å². The molecular weight excluding hydrogens is 442 g/mol. The minimum atomic E-state index is -0.466. The molecule has 3 rings (SSSR count). The molecule has 0 radical (unpaired) electrons. The van der Waals surface area contributed by atoms with Gasteiger partial charge < -0.3 is 24.8 Å². The summed E-state index contributed by atoms with van der Waals surface area (Å²) in [6, 6.07) is 12.7. The molecule has 8 nitrogen and oxygen atoms in total. The maximum Gasteiger partial charge on any atom is 0.311 e. The molecule has 0 saturated heterocycles. The molecule has 1 amide bonds. The lowest BCUT2D eigenvalue weighted by Crippen LogP contribution is -2.23. The summed E-state index contributed by atoms with van der Waals surface area (Å²) < 4.78 is 15.6. The average molecular weight is 470 g/mol. The first-order chi connectivity index (χ1) is 15.9. The number of carbonyl (C=O) groups is 2. The van der Waals surface area contributed by atoms with Gasteiger partial charge in [0.25, 0.3) is 0 Å². The molecule has 0 aliphatic carbocycles. The fourth-order valence-electron chi connectivity index (χ4n) is 3.07. The van der Waals surface area contributed by atoms with E-state index in [1.54, 1.807) is 52.3 Å². The quantitative estimate of drug-likeness (QED) is 0.538. The van der Waals surface area contributed by atoms with Crippen LogP contribution in [-0.2, 0) is 14.3 Å². The molecule has 2 aromatic carbocycles. The minimum Gasteiger partial charge on any atom is -0.497 e. The molecule has 0 unspecified atom stereocenters. The zero-order valence-electron chi connectivity index (χ0n) is 19.0. The number of benzene rings is 2. The number of thioether (sulfide) groups is 1. The second kappa shape index (κ2) is 11.4. The van der Waals surface area contributed by atoms with Crippen molar-refractivity contribution in [2.45, 2.75) is 25.5 Å². The van der Waals surface area contributed by atoms with Crippen molar-refractivity contribution < 1.29 is 23.8 Å². The molecule has 1 atom stereocenters. The van der Waals surface area contributed by atoms with Crippen LogP contribution in [-0.4, -0.2) is 43.0 Å². The summed E-state index contributed by atoms with van der Waals surface area (Å²) in [6.45, 7) is 3.87. The number of hydrogen-bond donors (Lipinski definition) is 2. The van der Waals surface area contributed by atoms with Crippen LogP contribution < -0.4 is 20.1 Å². The number of rotatable bonds is 8. The van der Waals surface area contributed by atoms with Gasteiger partial charge >= 0.3 is 5.97 Å². The van der Waals surface area contributed by atoms with Crippen LogP contribution in [0.25, 0.3) is 0 Å². The standard InChI is InChI=1S/C24H27N3O5S/c1-5-32-23(28)13-17-12-22(27-21-9-7-6-8-20(21)25-17)33-15(2)24(29)26-16-10-18(30-3)14-19(11-16)31-4/h6-12,14-15,25H,5,13H2,1-4H3,(H,26,29)/t15-/m1/s1. The number of nitrogens with zero attached hydrogens (tertiary/aromatic N) is 1. The molecule has 0 saturated carbocycles. The highest BCUT2D eigenvalue weighted by Gasteiger charge is 2.20. The SMILES string of the molecule is CCOC(=O)CC1=CC(S[C@H](C)C(=O)Nc2cc(OC)cc(OC)c2)=Nc2ccccc2N1. The van der Waals surface area contributed by atoms with Crippen molar-refractivity contribution in [3.8, 4) is 11.5 Å². The number of aliphatic imine (C=N–C) groups is 1. The fraction of sp³-hybridized carbons (Fsp3) is 0.292. The van der Waals surface area contributed by atoms with Crippen LogP contribution in [0.2, 0.25) is 0 Å². The van der Waals surface area contributed by atoms with Gasteiger partial charge in [-0.3, -0.25) is 9.59 Å². The molecule has 2 aromatic rings. The fourth-order valence-corrected chi connectivity index (χ4v) is 3.96. The van der Waals surface area contributed by atoms with Gasteiger partial charge in [-0.25, -0.2) is 4.99 Å². The summed E-state index contributed by atoms with van der Waals surface area (Å²) in [4.78, 5) is 29.6. The molecule has 0 aromatic heterocycles. The molecule has 2 N–H and O–H groups in total. The maximum absolute atomic E-state index is 12.9. The highest BCUT2D eigenvalue weighted by atomic mass is 32.2. The maximum atomic E-state index is 12.9. The molecule has 1 aliphatic rings. The first-order valence-electron chi connectivity index (χ1n) is 10.4. The molecule has 9 heteroatoms. The summed E-state index contributed by atoms with van der Waals surface area (Å²) in [7, 11) is 3.10. The predicted octanol–water partition coefficient (Wildman–Crippen LogP) is 4.76. The number of para-hydroxylation sites is 2. The summed E-state index contributed by atoms with van der Waals surface area (Å²) in [5, 5.41) is 6.28. The van der Waals surface area contributed by atoms with Crippen LogP contribution >= 0.6 is 11.8 Å². The van der Waals surface area contributed by atoms with E-state index in [0.29, 0.717) is 34.5 Å². The molecule has 33 heavy (non-hydrogen) atoms. The summed E-state index contributed by atoms with van der Waals surface area (Å²) in [5.41, 5.74) is 2.72. The summed E-state index contributed by atoms with van der Waals surface area (Å²) in [5.74, 6) is 0.612. The van der Waals surface area contributed by atoms with Crippen LogP contribution in [0.4, 0.5) is 17.1 Å². The number of esters is 1. The highest BCUT2D eigenvalue weighted by Crippen LogP contribution is 2.32. The largest absolute Gasteiger partial charge is 0.497 e. The van der Waals surface area contributed by atoms with Crippen LogP contribution in [0, 0.1) is 0 Å². The molecule has 0 bridgehead atoms. The zero-order chi connectivity index (χ0) is 23.8. The van der Waals surface area contributed by atoms with Crippen LogP contribution in [0.15, 0.2) is 59.2 Å². The van der Waals surface area contributed by atoms with Gasteiger partial charge in [-0.1, -0.05) is 23.9 Å². The number of carbonyl (C=O) groups excluding carboxylic acids is 2. The van der Waals surface area contributed by atoms with Gasteiger partial charge in [0.2, 0.25) is 5.91 Å². The van der Waals surface area contributed by atoms with Gasteiger partial charge in [0.15, 0.2) is 0 Å². The van der Waals surface area contributed by atoms with E-state index in [1.807, 2.05) is 24.3 Å². The third-order valence-electron chi connectivity index (χ3n) is 4.65. The normalized spacial score (nSPS) is 13.3. The number of hydrogen-bond acceptors (Lipinski definition) is 8. The summed E-state index contributed by atoms with van der Waals surface area (Å²) >= 11 is 1.30. The van der Waals surface area contributed by atoms with Crippen molar-refractivity contribution in [3.63, 3.8) is 0 Å². The van der Waals surface area contributed by atoms with E-state index >= 15 is 0 Å². The zero-order valence-corrected chi connectivity index (χ0v) is 19.8. The third kappa shape index (κ3) is 6.76. The van der Waals surface area contributed by atoms with E-state index in [9.17, 15) is 9.59 Å². The Bertz CT molecular complexity index is 1060. The Labute approximate surface area is 197 Å². The lowest BCUT2D eigenvalue weighted by atomic mass is 10.2. The van der Waals surface area contributed by atoms with Crippen LogP contribution in [0.3, 0.4) is 0 Å². The highest BCUT2D eigenvalue weighted by molar-refractivity contribution is 8.15. The second-order valence-corrected chi connectivity index (χ2v) is 8.46. The van der Waals surface area contributed by atoms with Crippen LogP contribution in [0.1, 0.15) is 20.3 Å². The van der Waals surface area contributed by atoms with Crippen molar-refractivity contribution in [2.24, 2.45) is 4.99 Å². The van der Waals surface area contributed by atoms with E-state index in [-0.39, 0.29) is 18.3 Å². The Balaban J connectivity index is 1.78. The van der Waals surface area contributed by atoms with Gasteiger partial charge in [-0.05, 0) is 32.1 Å². The monoisotopic (exact) mass is 469 g/mol. The Morgan fingerprint density at radius 2 is 1.82 bits per heavy atom. The number of anilines is 2. The summed E-state index contributed by atoms with van der Waals surface area (Å²) in [6.07, 6.45) is 1.85. The molecule has 0 fully saturated rings. The minimum absolute atomic E-state index is 0.0753. The van der Waals surface area contributed by atoms with E-state index < -0.39 is 5.25 Å². The van der Waals surface area contributed by atoms with E-state index in [1.165, 1.54) is 11.8 Å². The number of methoxy groups -OCH3 is 2. The van der Waals surface area contributed by atoms with Crippen molar-refractivity contribution >= 4 is 45.7 Å². The first-order valence-corrected chi connectivity index (χ1v) is 11.3. The van der Waals surface area contributed by atoms with Crippen molar-refractivity contribution in [1.29, 1.82) is 0 Å². The smallest absolute Gasteiger partial charge is 0.311 e. The van der Waals surface area contributed by atoms with E-state index in [4.69, 9.17) is 19.2 Å². The molecule has 1 aliphatic heterocycles. The van der Waals surface area contributed by atoms with Gasteiger partial charge in [0.05, 0.1) is 48.9 Å². The van der Waals surface area contributed by atoms with Gasteiger partial charge in [-0.15, -0.1) is 0 Å². The molecular formula is C24H27N3O5S. The van der Waals surface area contributed by atoms with Crippen LogP contribution in [0.5, 0.6) is 11.5 Å². The number of fused-ring (bicyclic) bond motifs is 1. The van der Waals surface area contributed by atoms with Gasteiger partial charge in [-0.2, -0.15) is 0 Å². The first kappa shape index (κ1) is 24.2. The predicted molar refractivity (Wildman–Crippen MR) is 132 cm³/mol. The van der Waals surface area contributed by atoms with Gasteiger partial charge in [0, 0.05) is 29.6 Å². The lowest BCUT2D eigenvalue weighted by Gasteiger charge is -2.14. The average Bonchev–Trinajstić information content (AvgIpc) is 2.96. The second-order valence-electron chi connectivity index (χ2n) is 7.09. The number of ether oxygens (including phenoxy) is 3. The number of amides is 1. The van der Waals surface area contributed by atoms with Crippen molar-refractivity contribution in [3.05, 3.63) is 54.2 Å². The van der Waals surface area contributed by atoms with Crippen molar-refractivity contribution in [1.82, 2.24) is 0 Å². The van der Waals surface area contributed by atoms with E-state index in [2.05, 4.69) is 10.6 Å². The third-order valence-corrected chi connectivity index (χ3v) is 5.67. The Morgan fingerprint density at radius 3 is 2.48 bits per heavy atom. The Hall–Kier alpha value is -3.46. The molecule has 174 valence electrons. The molecule has 1 heterocycles.